The van der Waals surface area contributed by atoms with Crippen LogP contribution >= 0.6 is 0 Å². The number of amides is 1. The normalized spacial score (nSPS) is 19.3. The number of nitrogens with zero attached hydrogens (tertiary/aromatic N) is 4. The van der Waals surface area contributed by atoms with Gasteiger partial charge in [0.05, 0.1) is 18.0 Å². The molecule has 3 aromatic heterocycles. The summed E-state index contributed by atoms with van der Waals surface area (Å²) in [5.41, 5.74) is 9.66. The van der Waals surface area contributed by atoms with Crippen molar-refractivity contribution in [3.63, 3.8) is 0 Å². The fraction of sp³-hybridized carbons (Fsp3) is 0.444. The second-order valence-corrected chi connectivity index (χ2v) is 9.65. The quantitative estimate of drug-likeness (QED) is 0.429. The zero-order valence-electron chi connectivity index (χ0n) is 21.8. The number of nitrogens with one attached hydrogen (secondary N) is 1. The number of hydrogen-bond donors (Lipinski definition) is 2. The van der Waals surface area contributed by atoms with E-state index in [2.05, 4.69) is 20.2 Å². The number of H-pyrrole nitrogens is 1. The number of piperidine rings is 1. The van der Waals surface area contributed by atoms with Crippen molar-refractivity contribution >= 4 is 12.2 Å². The largest absolute Gasteiger partial charge is 0.489 e. The highest BCUT2D eigenvalue weighted by molar-refractivity contribution is 5.96. The lowest BCUT2D eigenvalue weighted by atomic mass is 10.0. The molecule has 2 atom stereocenters. The van der Waals surface area contributed by atoms with Crippen molar-refractivity contribution in [1.29, 1.82) is 0 Å². The van der Waals surface area contributed by atoms with E-state index in [0.717, 1.165) is 54.1 Å². The molecule has 4 heterocycles. The first-order valence-electron chi connectivity index (χ1n) is 12.6. The van der Waals surface area contributed by atoms with Crippen LogP contribution in [-0.4, -0.2) is 75.8 Å². The Morgan fingerprint density at radius 2 is 2.00 bits per heavy atom. The molecule has 5 rings (SSSR count). The van der Waals surface area contributed by atoms with Crippen LogP contribution in [0.25, 0.3) is 11.1 Å². The molecule has 2 aliphatic rings. The summed E-state index contributed by atoms with van der Waals surface area (Å²) in [4.78, 5) is 32.3. The summed E-state index contributed by atoms with van der Waals surface area (Å²) >= 11 is 0. The first-order chi connectivity index (χ1) is 18.2. The molecule has 0 spiro atoms. The predicted molar refractivity (Wildman–Crippen MR) is 139 cm³/mol. The Morgan fingerprint density at radius 3 is 2.58 bits per heavy atom. The molecule has 0 bridgehead atoms. The molecule has 11 heteroatoms. The van der Waals surface area contributed by atoms with Crippen molar-refractivity contribution in [3.8, 4) is 22.8 Å². The summed E-state index contributed by atoms with van der Waals surface area (Å²) in [6, 6.07) is 5.31. The number of pyridine rings is 2. The number of primary amides is 1. The first-order valence-corrected chi connectivity index (χ1v) is 12.6. The Bertz CT molecular complexity index is 1240. The third-order valence-electron chi connectivity index (χ3n) is 6.40. The molecule has 0 aromatic carbocycles. The Labute approximate surface area is 220 Å². The van der Waals surface area contributed by atoms with E-state index < -0.39 is 18.2 Å². The summed E-state index contributed by atoms with van der Waals surface area (Å²) in [6.45, 7) is 4.76. The van der Waals surface area contributed by atoms with Crippen LogP contribution in [0.15, 0.2) is 30.6 Å². The summed E-state index contributed by atoms with van der Waals surface area (Å²) < 4.78 is 25.4. The van der Waals surface area contributed by atoms with E-state index in [4.69, 9.17) is 15.2 Å². The lowest BCUT2D eigenvalue weighted by Crippen LogP contribution is -2.45. The Morgan fingerprint density at radius 1 is 1.21 bits per heavy atom. The van der Waals surface area contributed by atoms with Crippen molar-refractivity contribution in [1.82, 2.24) is 25.1 Å². The van der Waals surface area contributed by atoms with Crippen molar-refractivity contribution in [2.75, 3.05) is 20.1 Å². The smallest absolute Gasteiger partial charge is 0.254 e. The van der Waals surface area contributed by atoms with Gasteiger partial charge in [0.2, 0.25) is 5.88 Å². The van der Waals surface area contributed by atoms with Gasteiger partial charge in [0.15, 0.2) is 0 Å². The van der Waals surface area contributed by atoms with Gasteiger partial charge in [-0.2, -0.15) is 5.10 Å². The van der Waals surface area contributed by atoms with E-state index >= 15 is 0 Å². The topological polar surface area (TPSA) is 136 Å². The number of aryl methyl sites for hydroxylation is 2. The van der Waals surface area contributed by atoms with Crippen LogP contribution < -0.4 is 15.2 Å². The average Bonchev–Trinajstić information content (AvgIpc) is 3.64. The maximum Gasteiger partial charge on any atom is 0.254 e. The van der Waals surface area contributed by atoms with Crippen molar-refractivity contribution in [2.24, 2.45) is 5.73 Å². The van der Waals surface area contributed by atoms with E-state index in [0.29, 0.717) is 31.1 Å². The molecule has 2 unspecified atom stereocenters. The van der Waals surface area contributed by atoms with Crippen molar-refractivity contribution in [3.05, 3.63) is 53.2 Å². The number of aromatic nitrogens is 4. The number of likely N-dealkylation sites (tertiary alicyclic amines) is 1. The Balaban J connectivity index is 0.000000216. The Kier molecular flexibility index (Phi) is 8.67. The minimum Gasteiger partial charge on any atom is -0.489 e. The second-order valence-electron chi connectivity index (χ2n) is 9.65. The summed E-state index contributed by atoms with van der Waals surface area (Å²) in [5, 5.41) is 7.04. The maximum absolute atomic E-state index is 14.2. The van der Waals surface area contributed by atoms with Crippen molar-refractivity contribution in [2.45, 2.75) is 57.9 Å². The standard InChI is InChI=1S/C17H22FN5O2.C10H11NO2/c1-9-15(10(2)22-21-9)11-6-12(16(19)24)17(20-7-11)25-14-4-5-23(3)8-13(14)18;12-6-5-8-1-2-10(7-11-8)13-9-3-4-9/h6-7,13-14H,4-5,8H2,1-3H3,(H2,19,24)(H,21,22);1-2,6-7,9H,3-5H2. The highest BCUT2D eigenvalue weighted by Crippen LogP contribution is 2.30. The molecule has 10 nitrogen and oxygen atoms in total. The summed E-state index contributed by atoms with van der Waals surface area (Å²) in [6.07, 6.45) is 5.95. The molecule has 38 heavy (non-hydrogen) atoms. The number of halogens is 1. The predicted octanol–water partition coefficient (Wildman–Crippen LogP) is 2.97. The summed E-state index contributed by atoms with van der Waals surface area (Å²) in [5.74, 6) is 0.218. The average molecular weight is 525 g/mol. The lowest BCUT2D eigenvalue weighted by Gasteiger charge is -2.32. The molecule has 1 saturated heterocycles. The molecule has 3 aromatic rings. The van der Waals surface area contributed by atoms with Gasteiger partial charge in [0.25, 0.3) is 5.91 Å². The minimum atomic E-state index is -1.14. The third-order valence-corrected chi connectivity index (χ3v) is 6.40. The maximum atomic E-state index is 14.2. The first kappa shape index (κ1) is 27.2. The van der Waals surface area contributed by atoms with Gasteiger partial charge in [-0.25, -0.2) is 9.37 Å². The van der Waals surface area contributed by atoms with Gasteiger partial charge in [-0.1, -0.05) is 0 Å². The number of aromatic amines is 1. The van der Waals surface area contributed by atoms with Crippen LogP contribution in [0.1, 0.15) is 46.7 Å². The molecule has 0 radical (unpaired) electrons. The number of carbonyl (C=O) groups excluding carboxylic acids is 2. The number of rotatable bonds is 8. The number of alkyl halides is 1. The van der Waals surface area contributed by atoms with E-state index in [1.165, 1.54) is 0 Å². The van der Waals surface area contributed by atoms with E-state index in [1.807, 2.05) is 37.9 Å². The fourth-order valence-electron chi connectivity index (χ4n) is 4.21. The molecular formula is C27H33FN6O4. The van der Waals surface area contributed by atoms with Gasteiger partial charge < -0.3 is 24.9 Å². The third kappa shape index (κ3) is 6.91. The van der Waals surface area contributed by atoms with Gasteiger partial charge >= 0.3 is 0 Å². The van der Waals surface area contributed by atoms with Gasteiger partial charge in [-0.3, -0.25) is 14.9 Å². The molecule has 1 saturated carbocycles. The fourth-order valence-corrected chi connectivity index (χ4v) is 4.21. The second kappa shape index (κ2) is 12.1. The molecule has 3 N–H and O–H groups in total. The van der Waals surface area contributed by atoms with Crippen LogP contribution in [0.2, 0.25) is 0 Å². The van der Waals surface area contributed by atoms with Gasteiger partial charge in [-0.05, 0) is 58.4 Å². The van der Waals surface area contributed by atoms with E-state index in [1.54, 1.807) is 18.5 Å². The minimum absolute atomic E-state index is 0.0762. The highest BCUT2D eigenvalue weighted by atomic mass is 19.1. The van der Waals surface area contributed by atoms with Gasteiger partial charge in [0.1, 0.15) is 29.9 Å². The number of aldehydes is 1. The van der Waals surface area contributed by atoms with Crippen LogP contribution in [0.3, 0.4) is 0 Å². The Hall–Kier alpha value is -3.86. The molecule has 202 valence electrons. The number of carbonyl (C=O) groups is 2. The summed E-state index contributed by atoms with van der Waals surface area (Å²) in [7, 11) is 1.86. The molecule has 1 aliphatic carbocycles. The van der Waals surface area contributed by atoms with Crippen LogP contribution in [-0.2, 0) is 11.2 Å². The zero-order valence-corrected chi connectivity index (χ0v) is 21.8. The van der Waals surface area contributed by atoms with E-state index in [-0.39, 0.29) is 11.4 Å². The number of hydrogen-bond acceptors (Lipinski definition) is 8. The molecule has 2 fully saturated rings. The lowest BCUT2D eigenvalue weighted by molar-refractivity contribution is -0.107. The molecule has 1 amide bonds. The van der Waals surface area contributed by atoms with Gasteiger partial charge in [0, 0.05) is 48.2 Å². The van der Waals surface area contributed by atoms with Crippen LogP contribution in [0, 0.1) is 13.8 Å². The molecule has 1 aliphatic heterocycles. The molecular weight excluding hydrogens is 491 g/mol. The van der Waals surface area contributed by atoms with E-state index in [9.17, 15) is 14.0 Å². The van der Waals surface area contributed by atoms with Crippen LogP contribution in [0.5, 0.6) is 11.6 Å². The number of ether oxygens (including phenoxy) is 2. The monoisotopic (exact) mass is 524 g/mol. The highest BCUT2D eigenvalue weighted by Gasteiger charge is 2.31. The van der Waals surface area contributed by atoms with Crippen molar-refractivity contribution < 1.29 is 23.5 Å². The van der Waals surface area contributed by atoms with Crippen LogP contribution in [0.4, 0.5) is 4.39 Å². The number of nitrogens with two attached hydrogens (primary N) is 1. The van der Waals surface area contributed by atoms with Gasteiger partial charge in [-0.15, -0.1) is 0 Å². The SMILES string of the molecule is Cc1n[nH]c(C)c1-c1cnc(OC2CCN(C)CC2F)c(C(N)=O)c1.O=CCc1ccc(OC2CC2)cn1. The zero-order chi connectivity index (χ0) is 27.2.